The maximum absolute atomic E-state index is 13.8. The maximum atomic E-state index is 13.8. The second-order valence-electron chi connectivity index (χ2n) is 7.27. The van der Waals surface area contributed by atoms with Crippen LogP contribution in [0, 0.1) is 0 Å². The Hall–Kier alpha value is -3.01. The number of benzene rings is 1. The van der Waals surface area contributed by atoms with Crippen molar-refractivity contribution in [2.75, 3.05) is 11.9 Å². The van der Waals surface area contributed by atoms with Gasteiger partial charge in [-0.1, -0.05) is 41.9 Å². The molecule has 7 nitrogen and oxygen atoms in total. The van der Waals surface area contributed by atoms with Crippen LogP contribution in [-0.4, -0.2) is 38.0 Å². The Morgan fingerprint density at radius 1 is 1.29 bits per heavy atom. The van der Waals surface area contributed by atoms with Crippen molar-refractivity contribution in [3.63, 3.8) is 0 Å². The van der Waals surface area contributed by atoms with Gasteiger partial charge in [-0.15, -0.1) is 0 Å². The lowest BCUT2D eigenvalue weighted by Gasteiger charge is -2.33. The topological polar surface area (TPSA) is 76.8 Å². The van der Waals surface area contributed by atoms with Gasteiger partial charge in [0.2, 0.25) is 0 Å². The first-order valence-corrected chi connectivity index (χ1v) is 10.1. The summed E-state index contributed by atoms with van der Waals surface area (Å²) < 4.78 is 44.0. The van der Waals surface area contributed by atoms with Gasteiger partial charge in [-0.25, -0.2) is 9.67 Å². The molecule has 1 aliphatic heterocycles. The summed E-state index contributed by atoms with van der Waals surface area (Å²) in [6.45, 7) is 0.961. The molecule has 0 unspecified atom stereocenters. The fourth-order valence-electron chi connectivity index (χ4n) is 3.60. The fourth-order valence-corrected chi connectivity index (χ4v) is 3.87. The molecule has 4 rings (SSSR count). The average Bonchev–Trinajstić information content (AvgIpc) is 3.38. The zero-order chi connectivity index (χ0) is 22.0. The molecule has 1 aliphatic rings. The van der Waals surface area contributed by atoms with Gasteiger partial charge in [0, 0.05) is 31.9 Å². The molecule has 0 saturated carbocycles. The number of carbonyl (C=O) groups excluding carboxylic acids is 1. The van der Waals surface area contributed by atoms with Crippen molar-refractivity contribution in [1.29, 1.82) is 0 Å². The number of hydrogen-bond donors (Lipinski definition) is 2. The Labute approximate surface area is 181 Å². The van der Waals surface area contributed by atoms with Crippen molar-refractivity contribution in [2.24, 2.45) is 0 Å². The highest BCUT2D eigenvalue weighted by atomic mass is 35.5. The smallest absolute Gasteiger partial charge is 0.362 e. The van der Waals surface area contributed by atoms with Crippen LogP contribution in [-0.2, 0) is 6.54 Å². The molecular formula is C20H20ClF3N6O. The van der Waals surface area contributed by atoms with Crippen LogP contribution in [0.4, 0.5) is 19.0 Å². The van der Waals surface area contributed by atoms with Crippen molar-refractivity contribution in [3.8, 4) is 0 Å². The molecule has 0 bridgehead atoms. The van der Waals surface area contributed by atoms with Crippen LogP contribution in [0.3, 0.4) is 0 Å². The molecule has 0 aliphatic carbocycles. The second-order valence-corrected chi connectivity index (χ2v) is 7.64. The highest BCUT2D eigenvalue weighted by Crippen LogP contribution is 2.46. The Balaban J connectivity index is 1.53. The summed E-state index contributed by atoms with van der Waals surface area (Å²) >= 11 is 6.31. The number of nitrogens with zero attached hydrogens (tertiary/aromatic N) is 4. The van der Waals surface area contributed by atoms with E-state index in [1.54, 1.807) is 49.1 Å². The lowest BCUT2D eigenvalue weighted by Crippen LogP contribution is -2.36. The number of rotatable bonds is 6. The summed E-state index contributed by atoms with van der Waals surface area (Å²) in [6.07, 6.45) is 0.929. The van der Waals surface area contributed by atoms with Gasteiger partial charge < -0.3 is 15.2 Å². The number of nitrogens with one attached hydrogen (secondary N) is 2. The Kier molecular flexibility index (Phi) is 5.90. The highest BCUT2D eigenvalue weighted by Gasteiger charge is 2.47. The minimum Gasteiger partial charge on any atom is -0.362 e. The molecule has 0 spiro atoms. The summed E-state index contributed by atoms with van der Waals surface area (Å²) in [5, 5.41) is 9.50. The summed E-state index contributed by atoms with van der Waals surface area (Å²) in [5.41, 5.74) is 0.473. The molecule has 0 radical (unpaired) electrons. The van der Waals surface area contributed by atoms with E-state index >= 15 is 0 Å². The van der Waals surface area contributed by atoms with Crippen molar-refractivity contribution in [3.05, 3.63) is 65.3 Å². The van der Waals surface area contributed by atoms with Gasteiger partial charge in [0.25, 0.3) is 5.91 Å². The van der Waals surface area contributed by atoms with Gasteiger partial charge >= 0.3 is 6.18 Å². The van der Waals surface area contributed by atoms with Gasteiger partial charge in [-0.2, -0.15) is 18.3 Å². The zero-order valence-electron chi connectivity index (χ0n) is 16.3. The standard InChI is InChI=1S/C20H20ClF3N6O/c21-16-17(19(31)26-7-4-9-29-10-8-25-12-29)28-30-15(20(22,23)24)11-14(27-18(16)30)13-5-2-1-3-6-13/h1-3,5-6,8,10,12,14-15,27H,4,7,9,11H2,(H,26,31)/t14-,15+/m1/s1. The number of fused-ring (bicyclic) bond motifs is 1. The number of halogens is 4. The Bertz CT molecular complexity index is 1040. The molecule has 3 aromatic rings. The molecule has 2 aromatic heterocycles. The molecule has 164 valence electrons. The summed E-state index contributed by atoms with van der Waals surface area (Å²) in [4.78, 5) is 16.5. The zero-order valence-corrected chi connectivity index (χ0v) is 17.1. The van der Waals surface area contributed by atoms with Crippen molar-refractivity contribution < 1.29 is 18.0 Å². The van der Waals surface area contributed by atoms with Crippen LogP contribution in [0.2, 0.25) is 5.02 Å². The molecular weight excluding hydrogens is 433 g/mol. The number of imidazole rings is 1. The molecule has 11 heteroatoms. The number of aryl methyl sites for hydroxylation is 1. The van der Waals surface area contributed by atoms with Gasteiger partial charge in [0.1, 0.15) is 10.8 Å². The average molecular weight is 453 g/mol. The summed E-state index contributed by atoms with van der Waals surface area (Å²) in [6, 6.07) is 6.30. The summed E-state index contributed by atoms with van der Waals surface area (Å²) in [5.74, 6) is -0.621. The Morgan fingerprint density at radius 2 is 2.06 bits per heavy atom. The largest absolute Gasteiger partial charge is 0.410 e. The minimum absolute atomic E-state index is 0.00680. The SMILES string of the molecule is O=C(NCCCn1ccnc1)c1nn2c(c1Cl)N[C@@H](c1ccccc1)C[C@H]2C(F)(F)F. The van der Waals surface area contributed by atoms with E-state index in [2.05, 4.69) is 20.7 Å². The predicted octanol–water partition coefficient (Wildman–Crippen LogP) is 4.21. The lowest BCUT2D eigenvalue weighted by molar-refractivity contribution is -0.173. The van der Waals surface area contributed by atoms with E-state index in [0.717, 1.165) is 4.68 Å². The van der Waals surface area contributed by atoms with Gasteiger partial charge in [0.15, 0.2) is 11.7 Å². The lowest BCUT2D eigenvalue weighted by atomic mass is 9.97. The molecule has 1 aromatic carbocycles. The molecule has 0 saturated heterocycles. The third kappa shape index (κ3) is 4.53. The van der Waals surface area contributed by atoms with Crippen LogP contribution in [0.5, 0.6) is 0 Å². The number of carbonyl (C=O) groups is 1. The number of hydrogen-bond acceptors (Lipinski definition) is 4. The normalized spacial score (nSPS) is 18.3. The van der Waals surface area contributed by atoms with Crippen LogP contribution < -0.4 is 10.6 Å². The third-order valence-electron chi connectivity index (χ3n) is 5.15. The molecule has 2 N–H and O–H groups in total. The van der Waals surface area contributed by atoms with E-state index in [9.17, 15) is 18.0 Å². The van der Waals surface area contributed by atoms with E-state index in [-0.39, 0.29) is 23.0 Å². The van der Waals surface area contributed by atoms with Gasteiger partial charge in [-0.3, -0.25) is 4.79 Å². The first-order valence-electron chi connectivity index (χ1n) is 9.74. The van der Waals surface area contributed by atoms with E-state index in [4.69, 9.17) is 11.6 Å². The first-order chi connectivity index (χ1) is 14.8. The molecule has 2 atom stereocenters. The van der Waals surface area contributed by atoms with E-state index in [0.29, 0.717) is 25.1 Å². The van der Waals surface area contributed by atoms with E-state index in [1.165, 1.54) is 0 Å². The van der Waals surface area contributed by atoms with E-state index in [1.807, 2.05) is 4.57 Å². The number of aromatic nitrogens is 4. The van der Waals surface area contributed by atoms with E-state index < -0.39 is 24.2 Å². The minimum atomic E-state index is -4.54. The molecule has 0 fully saturated rings. The van der Waals surface area contributed by atoms with Crippen molar-refractivity contribution >= 4 is 23.3 Å². The number of amides is 1. The quantitative estimate of drug-likeness (QED) is 0.549. The van der Waals surface area contributed by atoms with Crippen LogP contribution in [0.15, 0.2) is 49.1 Å². The van der Waals surface area contributed by atoms with Crippen LogP contribution in [0.25, 0.3) is 0 Å². The molecule has 1 amide bonds. The maximum Gasteiger partial charge on any atom is 0.410 e. The second kappa shape index (κ2) is 8.62. The fraction of sp³-hybridized carbons (Fsp3) is 0.350. The number of alkyl halides is 3. The van der Waals surface area contributed by atoms with Gasteiger partial charge in [-0.05, 0) is 12.0 Å². The predicted molar refractivity (Wildman–Crippen MR) is 109 cm³/mol. The van der Waals surface area contributed by atoms with Crippen LogP contribution in [0.1, 0.15) is 41.0 Å². The monoisotopic (exact) mass is 452 g/mol. The molecule has 31 heavy (non-hydrogen) atoms. The van der Waals surface area contributed by atoms with Gasteiger partial charge in [0.05, 0.1) is 12.4 Å². The van der Waals surface area contributed by atoms with Crippen molar-refractivity contribution in [1.82, 2.24) is 24.6 Å². The first kappa shape index (κ1) is 21.2. The highest BCUT2D eigenvalue weighted by molar-refractivity contribution is 6.36. The summed E-state index contributed by atoms with van der Waals surface area (Å²) in [7, 11) is 0. The molecule has 3 heterocycles. The van der Waals surface area contributed by atoms with Crippen molar-refractivity contribution in [2.45, 2.75) is 37.6 Å². The van der Waals surface area contributed by atoms with Crippen LogP contribution >= 0.6 is 11.6 Å². The Morgan fingerprint density at radius 3 is 2.74 bits per heavy atom. The number of anilines is 1. The third-order valence-corrected chi connectivity index (χ3v) is 5.51.